The Morgan fingerprint density at radius 3 is 2.33 bits per heavy atom. The maximum Gasteiger partial charge on any atom is 0.331 e. The second kappa shape index (κ2) is 6.88. The first-order valence-electron chi connectivity index (χ1n) is 6.50. The van der Waals surface area contributed by atoms with E-state index < -0.39 is 18.6 Å². The molecule has 1 unspecified atom stereocenters. The van der Waals surface area contributed by atoms with Crippen molar-refractivity contribution in [2.45, 2.75) is 6.04 Å². The van der Waals surface area contributed by atoms with Crippen molar-refractivity contribution in [3.63, 3.8) is 0 Å². The van der Waals surface area contributed by atoms with E-state index in [1.54, 1.807) is 12.1 Å². The van der Waals surface area contributed by atoms with Crippen molar-refractivity contribution < 1.29 is 19.8 Å². The van der Waals surface area contributed by atoms with Crippen molar-refractivity contribution in [3.05, 3.63) is 54.6 Å². The Bertz CT molecular complexity index is 600. The molecule has 1 atom stereocenters. The molecule has 0 saturated heterocycles. The lowest BCUT2D eigenvalue weighted by Crippen LogP contribution is -2.43. The van der Waals surface area contributed by atoms with Gasteiger partial charge in [0.25, 0.3) is 0 Å². The molecule has 0 radical (unpaired) electrons. The Morgan fingerprint density at radius 2 is 1.76 bits per heavy atom. The van der Waals surface area contributed by atoms with Gasteiger partial charge in [0.1, 0.15) is 0 Å². The van der Waals surface area contributed by atoms with E-state index in [9.17, 15) is 15.0 Å². The van der Waals surface area contributed by atoms with E-state index in [2.05, 4.69) is 0 Å². The average Bonchev–Trinajstić information content (AvgIpc) is 2.53. The van der Waals surface area contributed by atoms with Crippen LogP contribution in [0, 0.1) is 0 Å². The summed E-state index contributed by atoms with van der Waals surface area (Å²) in [6.45, 7) is -0.549. The standard InChI is InChI=1S/C16H17NO4/c1-21-17(15(11-18)16(19)20)14-10-6-5-9-13(14)12-7-3-2-4-8-12/h2-10,15,18H,11H2,1H3,(H,19,20). The lowest BCUT2D eigenvalue weighted by atomic mass is 10.0. The van der Waals surface area contributed by atoms with Gasteiger partial charge >= 0.3 is 5.97 Å². The Labute approximate surface area is 123 Å². The van der Waals surface area contributed by atoms with Gasteiger partial charge in [-0.15, -0.1) is 0 Å². The Balaban J connectivity index is 2.50. The highest BCUT2D eigenvalue weighted by molar-refractivity contribution is 5.83. The predicted molar refractivity (Wildman–Crippen MR) is 79.9 cm³/mol. The van der Waals surface area contributed by atoms with Crippen LogP contribution in [0.25, 0.3) is 11.1 Å². The third kappa shape index (κ3) is 3.21. The van der Waals surface area contributed by atoms with Gasteiger partial charge in [-0.1, -0.05) is 48.5 Å². The summed E-state index contributed by atoms with van der Waals surface area (Å²) in [6.07, 6.45) is 0. The SMILES string of the molecule is CON(c1ccccc1-c1ccccc1)C(CO)C(=O)O. The minimum Gasteiger partial charge on any atom is -0.480 e. The Kier molecular flexibility index (Phi) is 4.92. The van der Waals surface area contributed by atoms with Gasteiger partial charge in [-0.3, -0.25) is 4.84 Å². The number of aliphatic hydroxyl groups is 1. The molecule has 0 aromatic heterocycles. The second-order valence-electron chi connectivity index (χ2n) is 4.43. The van der Waals surface area contributed by atoms with Crippen molar-refractivity contribution in [1.29, 1.82) is 0 Å². The highest BCUT2D eigenvalue weighted by Crippen LogP contribution is 2.31. The van der Waals surface area contributed by atoms with Crippen molar-refractivity contribution in [3.8, 4) is 11.1 Å². The number of hydrogen-bond acceptors (Lipinski definition) is 4. The van der Waals surface area contributed by atoms with Crippen LogP contribution in [0.4, 0.5) is 5.69 Å². The third-order valence-electron chi connectivity index (χ3n) is 3.16. The van der Waals surface area contributed by atoms with Crippen LogP contribution in [0.15, 0.2) is 54.6 Å². The molecule has 0 saturated carbocycles. The zero-order chi connectivity index (χ0) is 15.2. The number of hydroxylamine groups is 1. The van der Waals surface area contributed by atoms with Crippen LogP contribution in [-0.2, 0) is 9.63 Å². The molecule has 0 amide bonds. The van der Waals surface area contributed by atoms with Gasteiger partial charge in [0.05, 0.1) is 19.4 Å². The van der Waals surface area contributed by atoms with Crippen LogP contribution >= 0.6 is 0 Å². The summed E-state index contributed by atoms with van der Waals surface area (Å²) in [5.41, 5.74) is 2.37. The van der Waals surface area contributed by atoms with Crippen molar-refractivity contribution in [2.24, 2.45) is 0 Å². The molecule has 110 valence electrons. The summed E-state index contributed by atoms with van der Waals surface area (Å²) >= 11 is 0. The molecule has 0 bridgehead atoms. The minimum absolute atomic E-state index is 0.549. The molecule has 0 aliphatic rings. The molecule has 2 rings (SSSR count). The van der Waals surface area contributed by atoms with Crippen LogP contribution < -0.4 is 5.06 Å². The highest BCUT2D eigenvalue weighted by atomic mass is 16.7. The zero-order valence-corrected chi connectivity index (χ0v) is 11.6. The van der Waals surface area contributed by atoms with Gasteiger partial charge in [-0.25, -0.2) is 9.86 Å². The molecular formula is C16H17NO4. The van der Waals surface area contributed by atoms with E-state index in [-0.39, 0.29) is 0 Å². The zero-order valence-electron chi connectivity index (χ0n) is 11.6. The van der Waals surface area contributed by atoms with Gasteiger partial charge in [-0.2, -0.15) is 0 Å². The van der Waals surface area contributed by atoms with Gasteiger partial charge < -0.3 is 10.2 Å². The van der Waals surface area contributed by atoms with Gasteiger partial charge in [0.15, 0.2) is 6.04 Å². The maximum absolute atomic E-state index is 11.3. The Hall–Kier alpha value is -2.37. The average molecular weight is 287 g/mol. The lowest BCUT2D eigenvalue weighted by molar-refractivity contribution is -0.141. The molecular weight excluding hydrogens is 270 g/mol. The first-order chi connectivity index (χ1) is 10.2. The number of carbonyl (C=O) groups is 1. The van der Waals surface area contributed by atoms with Crippen LogP contribution in [0.1, 0.15) is 0 Å². The summed E-state index contributed by atoms with van der Waals surface area (Å²) in [5.74, 6) is -1.15. The molecule has 0 heterocycles. The maximum atomic E-state index is 11.3. The fourth-order valence-corrected chi connectivity index (χ4v) is 2.17. The first-order valence-corrected chi connectivity index (χ1v) is 6.50. The largest absolute Gasteiger partial charge is 0.480 e. The van der Waals surface area contributed by atoms with Crippen LogP contribution in [-0.4, -0.2) is 35.9 Å². The molecule has 0 aliphatic carbocycles. The van der Waals surface area contributed by atoms with E-state index >= 15 is 0 Å². The predicted octanol–water partition coefficient (Wildman–Crippen LogP) is 2.17. The fraction of sp³-hybridized carbons (Fsp3) is 0.188. The van der Waals surface area contributed by atoms with Crippen molar-refractivity contribution in [1.82, 2.24) is 0 Å². The van der Waals surface area contributed by atoms with E-state index in [4.69, 9.17) is 4.84 Å². The summed E-state index contributed by atoms with van der Waals surface area (Å²) in [4.78, 5) is 16.5. The minimum atomic E-state index is -1.17. The fourth-order valence-electron chi connectivity index (χ4n) is 2.17. The number of nitrogens with zero attached hydrogens (tertiary/aromatic N) is 1. The highest BCUT2D eigenvalue weighted by Gasteiger charge is 2.27. The summed E-state index contributed by atoms with van der Waals surface area (Å²) in [6, 6.07) is 15.7. The number of carboxylic acids is 1. The number of hydrogen-bond donors (Lipinski definition) is 2. The molecule has 2 aromatic carbocycles. The number of anilines is 1. The van der Waals surface area contributed by atoms with E-state index in [0.29, 0.717) is 5.69 Å². The van der Waals surface area contributed by atoms with Crippen LogP contribution in [0.2, 0.25) is 0 Å². The van der Waals surface area contributed by atoms with Gasteiger partial charge in [0, 0.05) is 5.56 Å². The number of carboxylic acid groups (broad SMARTS) is 1. The Morgan fingerprint density at radius 1 is 1.14 bits per heavy atom. The first kappa shape index (κ1) is 15.0. The number of rotatable bonds is 6. The normalized spacial score (nSPS) is 11.9. The molecule has 2 N–H and O–H groups in total. The molecule has 5 heteroatoms. The number of para-hydroxylation sites is 1. The molecule has 21 heavy (non-hydrogen) atoms. The summed E-state index contributed by atoms with van der Waals surface area (Å²) in [7, 11) is 1.38. The lowest BCUT2D eigenvalue weighted by Gasteiger charge is -2.28. The van der Waals surface area contributed by atoms with E-state index in [0.717, 1.165) is 11.1 Å². The quantitative estimate of drug-likeness (QED) is 0.797. The molecule has 5 nitrogen and oxygen atoms in total. The van der Waals surface area contributed by atoms with Crippen LogP contribution in [0.3, 0.4) is 0 Å². The summed E-state index contributed by atoms with van der Waals surface area (Å²) < 4.78 is 0. The van der Waals surface area contributed by atoms with Gasteiger partial charge in [0.2, 0.25) is 0 Å². The van der Waals surface area contributed by atoms with E-state index in [1.165, 1.54) is 12.2 Å². The van der Waals surface area contributed by atoms with Crippen LogP contribution in [0.5, 0.6) is 0 Å². The summed E-state index contributed by atoms with van der Waals surface area (Å²) in [5, 5.41) is 19.7. The molecule has 0 fully saturated rings. The number of aliphatic carboxylic acids is 1. The van der Waals surface area contributed by atoms with Crippen molar-refractivity contribution >= 4 is 11.7 Å². The number of benzene rings is 2. The monoisotopic (exact) mass is 287 g/mol. The second-order valence-corrected chi connectivity index (χ2v) is 4.43. The van der Waals surface area contributed by atoms with E-state index in [1.807, 2.05) is 42.5 Å². The number of aliphatic hydroxyl groups excluding tert-OH is 1. The molecule has 0 aliphatic heterocycles. The van der Waals surface area contributed by atoms with Gasteiger partial charge in [-0.05, 0) is 11.6 Å². The molecule has 0 spiro atoms. The smallest absolute Gasteiger partial charge is 0.331 e. The van der Waals surface area contributed by atoms with Crippen molar-refractivity contribution in [2.75, 3.05) is 18.8 Å². The topological polar surface area (TPSA) is 70.0 Å². The third-order valence-corrected chi connectivity index (χ3v) is 3.16. The molecule has 2 aromatic rings.